The fraction of sp³-hybridized carbons (Fsp3) is 0.455. The predicted octanol–water partition coefficient (Wildman–Crippen LogP) is 0.940. The Morgan fingerprint density at radius 3 is 2.43 bits per heavy atom. The quantitative estimate of drug-likeness (QED) is 0.455. The monoisotopic (exact) mass is 322 g/mol. The molecule has 0 radical (unpaired) electrons. The molecule has 0 fully saturated rings. The third kappa shape index (κ3) is 4.17. The van der Waals surface area contributed by atoms with E-state index in [0.29, 0.717) is 6.07 Å². The van der Waals surface area contributed by atoms with Crippen molar-refractivity contribution in [3.8, 4) is 0 Å². The van der Waals surface area contributed by atoms with Gasteiger partial charge in [0.2, 0.25) is 15.8 Å². The maximum absolute atomic E-state index is 13.5. The van der Waals surface area contributed by atoms with Gasteiger partial charge in [-0.15, -0.1) is 0 Å². The average molecular weight is 322 g/mol. The van der Waals surface area contributed by atoms with Crippen molar-refractivity contribution < 1.29 is 27.2 Å². The van der Waals surface area contributed by atoms with Gasteiger partial charge in [-0.25, -0.2) is 13.1 Å². The smallest absolute Gasteiger partial charge is 0.306 e. The van der Waals surface area contributed by atoms with Gasteiger partial charge >= 0.3 is 5.69 Å². The minimum absolute atomic E-state index is 0.139. The largest absolute Gasteiger partial charge is 0.355 e. The number of rotatable bonds is 7. The molecule has 0 bridgehead atoms. The maximum atomic E-state index is 13.5. The van der Waals surface area contributed by atoms with Crippen LogP contribution in [0.1, 0.15) is 5.56 Å². The van der Waals surface area contributed by atoms with Gasteiger partial charge in [0.1, 0.15) is 0 Å². The highest BCUT2D eigenvalue weighted by Gasteiger charge is 2.24. The van der Waals surface area contributed by atoms with Crippen LogP contribution in [0.4, 0.5) is 10.1 Å². The molecule has 1 N–H and O–H groups in total. The van der Waals surface area contributed by atoms with Crippen molar-refractivity contribution in [3.05, 3.63) is 33.6 Å². The topological polar surface area (TPSA) is 108 Å². The van der Waals surface area contributed by atoms with Crippen molar-refractivity contribution >= 4 is 15.7 Å². The Hall–Kier alpha value is -1.62. The van der Waals surface area contributed by atoms with Gasteiger partial charge in [0.15, 0.2) is 6.29 Å². The maximum Gasteiger partial charge on any atom is 0.306 e. The SMILES string of the molecule is COC(CNS(=O)(=O)c1cc(C)c(F)c([N+](=O)[O-])c1)OC. The number of methoxy groups -OCH3 is 2. The molecular formula is C11H15FN2O6S. The summed E-state index contributed by atoms with van der Waals surface area (Å²) in [5.74, 6) is -1.06. The molecule has 0 aromatic heterocycles. The molecule has 21 heavy (non-hydrogen) atoms. The van der Waals surface area contributed by atoms with Crippen LogP contribution in [-0.4, -0.2) is 40.4 Å². The van der Waals surface area contributed by atoms with Crippen molar-refractivity contribution in [1.82, 2.24) is 4.72 Å². The zero-order valence-corrected chi connectivity index (χ0v) is 12.4. The molecule has 0 atom stereocenters. The number of ether oxygens (including phenoxy) is 2. The summed E-state index contributed by atoms with van der Waals surface area (Å²) >= 11 is 0. The number of sulfonamides is 1. The van der Waals surface area contributed by atoms with E-state index in [4.69, 9.17) is 9.47 Å². The molecule has 1 aromatic rings. The van der Waals surface area contributed by atoms with Gasteiger partial charge < -0.3 is 9.47 Å². The lowest BCUT2D eigenvalue weighted by molar-refractivity contribution is -0.387. The van der Waals surface area contributed by atoms with E-state index in [1.807, 2.05) is 0 Å². The molecule has 0 amide bonds. The van der Waals surface area contributed by atoms with E-state index in [2.05, 4.69) is 4.72 Å². The number of nitro benzene ring substituents is 1. The van der Waals surface area contributed by atoms with E-state index in [0.717, 1.165) is 6.07 Å². The fourth-order valence-corrected chi connectivity index (χ4v) is 2.65. The molecule has 0 unspecified atom stereocenters. The zero-order valence-electron chi connectivity index (χ0n) is 11.6. The number of aryl methyl sites for hydroxylation is 1. The molecule has 0 saturated carbocycles. The number of nitrogens with one attached hydrogen (secondary N) is 1. The predicted molar refractivity (Wildman–Crippen MR) is 70.8 cm³/mol. The van der Waals surface area contributed by atoms with Crippen molar-refractivity contribution in [2.45, 2.75) is 18.1 Å². The summed E-state index contributed by atoms with van der Waals surface area (Å²) < 4.78 is 49.4. The lowest BCUT2D eigenvalue weighted by Crippen LogP contribution is -2.34. The highest BCUT2D eigenvalue weighted by Crippen LogP contribution is 2.24. The van der Waals surface area contributed by atoms with Crippen LogP contribution in [-0.2, 0) is 19.5 Å². The molecule has 0 heterocycles. The molecule has 0 saturated heterocycles. The van der Waals surface area contributed by atoms with Crippen LogP contribution < -0.4 is 4.72 Å². The van der Waals surface area contributed by atoms with Gasteiger partial charge in [-0.2, -0.15) is 4.39 Å². The van der Waals surface area contributed by atoms with Crippen LogP contribution >= 0.6 is 0 Å². The molecule has 1 aromatic carbocycles. The van der Waals surface area contributed by atoms with Gasteiger partial charge in [0.25, 0.3) is 0 Å². The zero-order chi connectivity index (χ0) is 16.2. The summed E-state index contributed by atoms with van der Waals surface area (Å²) in [5, 5.41) is 10.7. The van der Waals surface area contributed by atoms with E-state index < -0.39 is 37.6 Å². The average Bonchev–Trinajstić information content (AvgIpc) is 2.42. The lowest BCUT2D eigenvalue weighted by atomic mass is 10.2. The minimum Gasteiger partial charge on any atom is -0.355 e. The van der Waals surface area contributed by atoms with Gasteiger partial charge in [-0.3, -0.25) is 10.1 Å². The second-order valence-electron chi connectivity index (χ2n) is 4.08. The first-order valence-corrected chi connectivity index (χ1v) is 7.21. The van der Waals surface area contributed by atoms with Crippen LogP contribution in [0.25, 0.3) is 0 Å². The standard InChI is InChI=1S/C11H15FN2O6S/c1-7-4-8(5-9(11(7)12)14(15)16)21(17,18)13-6-10(19-2)20-3/h4-5,10,13H,6H2,1-3H3. The van der Waals surface area contributed by atoms with E-state index >= 15 is 0 Å². The summed E-state index contributed by atoms with van der Waals surface area (Å²) in [7, 11) is -1.39. The summed E-state index contributed by atoms with van der Waals surface area (Å²) in [5.41, 5.74) is -1.04. The number of hydrogen-bond donors (Lipinski definition) is 1. The fourth-order valence-electron chi connectivity index (χ4n) is 1.53. The van der Waals surface area contributed by atoms with Gasteiger partial charge in [-0.1, -0.05) is 0 Å². The Kier molecular flexibility index (Phi) is 5.72. The number of hydrogen-bond acceptors (Lipinski definition) is 6. The number of nitrogens with zero attached hydrogens (tertiary/aromatic N) is 1. The van der Waals surface area contributed by atoms with Crippen LogP contribution in [0.3, 0.4) is 0 Å². The van der Waals surface area contributed by atoms with E-state index in [9.17, 15) is 22.9 Å². The molecule has 0 aliphatic carbocycles. The molecule has 0 spiro atoms. The molecule has 0 aliphatic rings. The van der Waals surface area contributed by atoms with Crippen LogP contribution in [0.2, 0.25) is 0 Å². The Balaban J connectivity index is 3.12. The third-order valence-electron chi connectivity index (χ3n) is 2.68. The van der Waals surface area contributed by atoms with Gasteiger partial charge in [-0.05, 0) is 18.6 Å². The van der Waals surface area contributed by atoms with E-state index in [1.54, 1.807) is 0 Å². The highest BCUT2D eigenvalue weighted by molar-refractivity contribution is 7.89. The second-order valence-corrected chi connectivity index (χ2v) is 5.85. The Bertz CT molecular complexity index is 630. The van der Waals surface area contributed by atoms with Crippen LogP contribution in [0.15, 0.2) is 17.0 Å². The van der Waals surface area contributed by atoms with Crippen molar-refractivity contribution in [1.29, 1.82) is 0 Å². The Morgan fingerprint density at radius 2 is 1.95 bits per heavy atom. The highest BCUT2D eigenvalue weighted by atomic mass is 32.2. The molecule has 8 nitrogen and oxygen atoms in total. The molecule has 0 aliphatic heterocycles. The molecule has 118 valence electrons. The van der Waals surface area contributed by atoms with Crippen molar-refractivity contribution in [2.24, 2.45) is 0 Å². The number of benzene rings is 1. The first-order chi connectivity index (χ1) is 9.72. The first kappa shape index (κ1) is 17.4. The van der Waals surface area contributed by atoms with Crippen molar-refractivity contribution in [3.63, 3.8) is 0 Å². The normalized spacial score (nSPS) is 11.9. The van der Waals surface area contributed by atoms with Crippen LogP contribution in [0, 0.1) is 22.9 Å². The van der Waals surface area contributed by atoms with Crippen LogP contribution in [0.5, 0.6) is 0 Å². The summed E-state index contributed by atoms with van der Waals surface area (Å²) in [6, 6.07) is 1.68. The van der Waals surface area contributed by atoms with Crippen molar-refractivity contribution in [2.75, 3.05) is 20.8 Å². The Morgan fingerprint density at radius 1 is 1.38 bits per heavy atom. The summed E-state index contributed by atoms with van der Waals surface area (Å²) in [6.07, 6.45) is -0.809. The second kappa shape index (κ2) is 6.89. The number of halogens is 1. The van der Waals surface area contributed by atoms with Gasteiger partial charge in [0, 0.05) is 20.3 Å². The summed E-state index contributed by atoms with van der Waals surface area (Å²) in [6.45, 7) is 1.05. The molecule has 1 rings (SSSR count). The van der Waals surface area contributed by atoms with Gasteiger partial charge in [0.05, 0.1) is 16.4 Å². The minimum atomic E-state index is -4.05. The molecule has 10 heteroatoms. The third-order valence-corrected chi connectivity index (χ3v) is 4.08. The first-order valence-electron chi connectivity index (χ1n) is 5.72. The Labute approximate surface area is 121 Å². The number of nitro groups is 1. The summed E-state index contributed by atoms with van der Waals surface area (Å²) in [4.78, 5) is 9.34. The lowest BCUT2D eigenvalue weighted by Gasteiger charge is -2.14. The molecular weight excluding hydrogens is 307 g/mol. The van der Waals surface area contributed by atoms with E-state index in [-0.39, 0.29) is 12.1 Å². The van der Waals surface area contributed by atoms with E-state index in [1.165, 1.54) is 21.1 Å².